The van der Waals surface area contributed by atoms with Crippen molar-refractivity contribution in [1.29, 1.82) is 0 Å². The van der Waals surface area contributed by atoms with Crippen LogP contribution in [0.25, 0.3) is 0 Å². The van der Waals surface area contributed by atoms with E-state index in [1.807, 2.05) is 6.92 Å². The Morgan fingerprint density at radius 3 is 2.50 bits per heavy atom. The molecule has 0 radical (unpaired) electrons. The van der Waals surface area contributed by atoms with E-state index in [4.69, 9.17) is 10.5 Å². The number of ether oxygens (including phenoxy) is 1. The zero-order chi connectivity index (χ0) is 15.4. The van der Waals surface area contributed by atoms with Crippen LogP contribution >= 0.6 is 0 Å². The van der Waals surface area contributed by atoms with Crippen molar-refractivity contribution < 1.29 is 19.1 Å². The summed E-state index contributed by atoms with van der Waals surface area (Å²) >= 11 is 0. The van der Waals surface area contributed by atoms with E-state index in [0.29, 0.717) is 12.8 Å². The van der Waals surface area contributed by atoms with Gasteiger partial charge in [0.25, 0.3) is 0 Å². The van der Waals surface area contributed by atoms with Crippen LogP contribution in [0.1, 0.15) is 26.7 Å². The zero-order valence-electron chi connectivity index (χ0n) is 12.2. The molecule has 1 saturated heterocycles. The number of esters is 1. The highest BCUT2D eigenvalue weighted by molar-refractivity contribution is 6.02. The number of hydrogen-bond acceptors (Lipinski definition) is 4. The van der Waals surface area contributed by atoms with Gasteiger partial charge in [-0.05, 0) is 12.8 Å². The van der Waals surface area contributed by atoms with Gasteiger partial charge >= 0.3 is 5.97 Å². The molecule has 0 aromatic carbocycles. The van der Waals surface area contributed by atoms with Crippen molar-refractivity contribution in [3.8, 4) is 0 Å². The Labute approximate surface area is 118 Å². The van der Waals surface area contributed by atoms with Gasteiger partial charge < -0.3 is 15.4 Å². The van der Waals surface area contributed by atoms with E-state index in [-0.39, 0.29) is 12.5 Å². The number of methoxy groups -OCH3 is 1. The molecule has 1 aliphatic heterocycles. The second kappa shape index (κ2) is 6.54. The fourth-order valence-electron chi connectivity index (χ4n) is 2.63. The molecule has 0 aromatic heterocycles. The molecule has 1 rings (SSSR count). The van der Waals surface area contributed by atoms with Crippen molar-refractivity contribution in [2.75, 3.05) is 13.7 Å². The van der Waals surface area contributed by atoms with Gasteiger partial charge in [-0.1, -0.05) is 26.0 Å². The molecule has 3 atom stereocenters. The second-order valence-electron chi connectivity index (χ2n) is 4.94. The maximum absolute atomic E-state index is 12.4. The molecule has 0 saturated carbocycles. The van der Waals surface area contributed by atoms with Gasteiger partial charge in [-0.3, -0.25) is 14.4 Å². The van der Waals surface area contributed by atoms with Crippen molar-refractivity contribution in [2.45, 2.75) is 32.7 Å². The summed E-state index contributed by atoms with van der Waals surface area (Å²) in [6, 6.07) is -0.690. The lowest BCUT2D eigenvalue weighted by Crippen LogP contribution is -2.46. The van der Waals surface area contributed by atoms with Crippen LogP contribution in [-0.4, -0.2) is 42.4 Å². The predicted octanol–water partition coefficient (Wildman–Crippen LogP) is 0.464. The lowest BCUT2D eigenvalue weighted by atomic mass is 9.88. The Hall–Kier alpha value is -1.85. The number of hydrogen-bond donors (Lipinski definition) is 1. The lowest BCUT2D eigenvalue weighted by Gasteiger charge is -2.24. The van der Waals surface area contributed by atoms with Crippen molar-refractivity contribution in [3.05, 3.63) is 12.2 Å². The smallest absolute Gasteiger partial charge is 0.318 e. The maximum Gasteiger partial charge on any atom is 0.318 e. The number of carbonyl (C=O) groups excluding carboxylic acids is 3. The molecular formula is C14H22N2O4. The Balaban J connectivity index is 3.10. The maximum atomic E-state index is 12.4. The van der Waals surface area contributed by atoms with Crippen LogP contribution in [-0.2, 0) is 19.1 Å². The molecule has 2 N–H and O–H groups in total. The third-order valence-electron chi connectivity index (χ3n) is 3.87. The minimum Gasteiger partial charge on any atom is -0.468 e. The van der Waals surface area contributed by atoms with E-state index in [0.717, 1.165) is 5.57 Å². The summed E-state index contributed by atoms with van der Waals surface area (Å²) in [5, 5.41) is 0. The van der Waals surface area contributed by atoms with E-state index in [1.165, 1.54) is 12.0 Å². The summed E-state index contributed by atoms with van der Waals surface area (Å²) in [4.78, 5) is 37.1. The third-order valence-corrected chi connectivity index (χ3v) is 3.87. The van der Waals surface area contributed by atoms with Gasteiger partial charge in [-0.2, -0.15) is 0 Å². The Bertz CT molecular complexity index is 433. The summed E-state index contributed by atoms with van der Waals surface area (Å²) in [6.07, 6.45) is 1.08. The fraction of sp³-hybridized carbons (Fsp3) is 0.643. The van der Waals surface area contributed by atoms with Crippen LogP contribution in [0.15, 0.2) is 12.2 Å². The Morgan fingerprint density at radius 1 is 1.50 bits per heavy atom. The molecule has 1 fully saturated rings. The predicted molar refractivity (Wildman–Crippen MR) is 73.4 cm³/mol. The molecule has 1 unspecified atom stereocenters. The normalized spacial score (nSPS) is 23.6. The zero-order valence-corrected chi connectivity index (χ0v) is 12.2. The molecule has 2 amide bonds. The van der Waals surface area contributed by atoms with Crippen LogP contribution in [0, 0.1) is 11.8 Å². The minimum absolute atomic E-state index is 0.284. The lowest BCUT2D eigenvalue weighted by molar-refractivity contribution is -0.152. The quantitative estimate of drug-likeness (QED) is 0.435. The number of rotatable bonds is 6. The number of carbonyl (C=O) groups is 3. The molecule has 0 aliphatic carbocycles. The van der Waals surface area contributed by atoms with Crippen LogP contribution in [0.2, 0.25) is 0 Å². The largest absolute Gasteiger partial charge is 0.468 e. The number of likely N-dealkylation sites (tertiary alicyclic amines) is 1. The molecule has 1 aliphatic rings. The molecule has 6 nitrogen and oxygen atoms in total. The molecule has 0 bridgehead atoms. The van der Waals surface area contributed by atoms with Gasteiger partial charge in [0.05, 0.1) is 7.11 Å². The van der Waals surface area contributed by atoms with Crippen LogP contribution in [0.3, 0.4) is 0 Å². The summed E-state index contributed by atoms with van der Waals surface area (Å²) in [5.41, 5.74) is 6.13. The van der Waals surface area contributed by atoms with Gasteiger partial charge in [0.15, 0.2) is 0 Å². The highest BCUT2D eigenvalue weighted by atomic mass is 16.5. The molecule has 0 spiro atoms. The van der Waals surface area contributed by atoms with Crippen LogP contribution in [0.5, 0.6) is 0 Å². The van der Waals surface area contributed by atoms with Gasteiger partial charge in [0, 0.05) is 12.5 Å². The number of nitrogens with two attached hydrogens (primary N) is 1. The fourth-order valence-corrected chi connectivity index (χ4v) is 2.63. The van der Waals surface area contributed by atoms with Crippen molar-refractivity contribution >= 4 is 17.8 Å². The standard InChI is InChI=1S/C14H22N2O4/c1-5-8(3)9-7-16(10(6-2)12(15)17)13(18)11(9)14(19)20-4/h9-11H,3,5-7H2,1-2,4H3,(H2,15,17)/t9-,10+,11?/m1/s1. The minimum atomic E-state index is -0.916. The van der Waals surface area contributed by atoms with Crippen molar-refractivity contribution in [3.63, 3.8) is 0 Å². The highest BCUT2D eigenvalue weighted by Gasteiger charge is 2.49. The molecule has 1 heterocycles. The monoisotopic (exact) mass is 282 g/mol. The molecule has 0 aromatic rings. The molecule has 112 valence electrons. The first-order valence-electron chi connectivity index (χ1n) is 6.74. The van der Waals surface area contributed by atoms with Gasteiger partial charge in [-0.25, -0.2) is 0 Å². The number of amides is 2. The highest BCUT2D eigenvalue weighted by Crippen LogP contribution is 2.34. The van der Waals surface area contributed by atoms with Crippen molar-refractivity contribution in [1.82, 2.24) is 4.90 Å². The first-order valence-corrected chi connectivity index (χ1v) is 6.74. The SMILES string of the molecule is C=C(CC)[C@H]1CN([C@@H](CC)C(N)=O)C(=O)C1C(=O)OC. The first kappa shape index (κ1) is 16.2. The van der Waals surface area contributed by atoms with Gasteiger partial charge in [-0.15, -0.1) is 0 Å². The molecular weight excluding hydrogens is 260 g/mol. The van der Waals surface area contributed by atoms with Gasteiger partial charge in [0.1, 0.15) is 12.0 Å². The number of nitrogens with zero attached hydrogens (tertiary/aromatic N) is 1. The summed E-state index contributed by atoms with van der Waals surface area (Å²) < 4.78 is 4.71. The average Bonchev–Trinajstić information content (AvgIpc) is 2.75. The van der Waals surface area contributed by atoms with E-state index in [2.05, 4.69) is 6.58 Å². The van der Waals surface area contributed by atoms with E-state index >= 15 is 0 Å². The third kappa shape index (κ3) is 2.84. The Morgan fingerprint density at radius 2 is 2.10 bits per heavy atom. The second-order valence-corrected chi connectivity index (χ2v) is 4.94. The topological polar surface area (TPSA) is 89.7 Å². The van der Waals surface area contributed by atoms with Crippen molar-refractivity contribution in [2.24, 2.45) is 17.6 Å². The Kier molecular flexibility index (Phi) is 5.30. The summed E-state index contributed by atoms with van der Waals surface area (Å²) in [6.45, 7) is 7.89. The van der Waals surface area contributed by atoms with E-state index in [1.54, 1.807) is 6.92 Å². The average molecular weight is 282 g/mol. The van der Waals surface area contributed by atoms with Crippen LogP contribution in [0.4, 0.5) is 0 Å². The first-order chi connectivity index (χ1) is 9.38. The van der Waals surface area contributed by atoms with E-state index in [9.17, 15) is 14.4 Å². The van der Waals surface area contributed by atoms with Crippen LogP contribution < -0.4 is 5.73 Å². The number of primary amides is 1. The van der Waals surface area contributed by atoms with E-state index < -0.39 is 29.7 Å². The summed E-state index contributed by atoms with van der Waals surface area (Å²) in [5.74, 6) is -2.79. The van der Waals surface area contributed by atoms with Gasteiger partial charge in [0.2, 0.25) is 11.8 Å². The molecule has 6 heteroatoms. The molecule has 20 heavy (non-hydrogen) atoms. The summed E-state index contributed by atoms with van der Waals surface area (Å²) in [7, 11) is 1.25.